The van der Waals surface area contributed by atoms with E-state index < -0.39 is 5.91 Å². The molecule has 1 aromatic carbocycles. The lowest BCUT2D eigenvalue weighted by Crippen LogP contribution is -2.41. The van der Waals surface area contributed by atoms with Gasteiger partial charge in [0.1, 0.15) is 5.70 Å². The van der Waals surface area contributed by atoms with Crippen molar-refractivity contribution in [2.75, 3.05) is 25.5 Å². The fraction of sp³-hybridized carbons (Fsp3) is 0.474. The lowest BCUT2D eigenvalue weighted by Gasteiger charge is -2.27. The molecule has 0 aliphatic carbocycles. The largest absolute Gasteiger partial charge is 0.391 e. The molecule has 1 unspecified atom stereocenters. The van der Waals surface area contributed by atoms with Crippen LogP contribution in [-0.4, -0.2) is 36.9 Å². The molecule has 1 fully saturated rings. The molecule has 1 amide bonds. The number of amides is 1. The van der Waals surface area contributed by atoms with E-state index in [4.69, 9.17) is 17.2 Å². The highest BCUT2D eigenvalue weighted by Crippen LogP contribution is 2.20. The van der Waals surface area contributed by atoms with Crippen molar-refractivity contribution in [1.29, 1.82) is 0 Å². The Hall–Kier alpha value is -2.74. The van der Waals surface area contributed by atoms with Crippen molar-refractivity contribution in [3.63, 3.8) is 0 Å². The summed E-state index contributed by atoms with van der Waals surface area (Å²) in [4.78, 5) is 17.9. The summed E-state index contributed by atoms with van der Waals surface area (Å²) < 4.78 is 0. The maximum atomic E-state index is 11.6. The number of hydrogen-bond acceptors (Lipinski definition) is 5. The van der Waals surface area contributed by atoms with Crippen LogP contribution in [0.15, 0.2) is 40.8 Å². The van der Waals surface area contributed by atoms with Gasteiger partial charge in [0.15, 0.2) is 11.8 Å². The second kappa shape index (κ2) is 9.82. The number of nitrogens with zero attached hydrogens (tertiary/aromatic N) is 2. The quantitative estimate of drug-likeness (QED) is 0.277. The van der Waals surface area contributed by atoms with E-state index in [2.05, 4.69) is 22.5 Å². The van der Waals surface area contributed by atoms with E-state index in [9.17, 15) is 4.79 Å². The van der Waals surface area contributed by atoms with Gasteiger partial charge in [0.2, 0.25) is 0 Å². The lowest BCUT2D eigenvalue weighted by molar-refractivity contribution is -0.114. The number of rotatable bonds is 7. The number of primary amides is 1. The van der Waals surface area contributed by atoms with Crippen LogP contribution in [0.4, 0.5) is 5.69 Å². The van der Waals surface area contributed by atoms with Crippen LogP contribution in [0, 0.1) is 0 Å². The molecule has 1 heterocycles. The van der Waals surface area contributed by atoms with Crippen LogP contribution >= 0.6 is 0 Å². The third-order valence-corrected chi connectivity index (χ3v) is 4.76. The number of hydrogen-bond donors (Lipinski definition) is 5. The average Bonchev–Trinajstić information content (AvgIpc) is 2.69. The highest BCUT2D eigenvalue weighted by atomic mass is 16.1. The maximum Gasteiger partial charge on any atom is 0.268 e. The van der Waals surface area contributed by atoms with Crippen molar-refractivity contribution < 1.29 is 4.79 Å². The topological polar surface area (TPSA) is 135 Å². The molecule has 8 N–H and O–H groups in total. The Morgan fingerprint density at radius 3 is 2.30 bits per heavy atom. The summed E-state index contributed by atoms with van der Waals surface area (Å²) in [5.41, 5.74) is 19.1. The number of benzene rings is 1. The first-order chi connectivity index (χ1) is 13.0. The molecule has 148 valence electrons. The molecular formula is C19H31N7O. The molecule has 1 atom stereocenters. The summed E-state index contributed by atoms with van der Waals surface area (Å²) in [6.45, 7) is 3.81. The smallest absolute Gasteiger partial charge is 0.268 e. The van der Waals surface area contributed by atoms with Gasteiger partial charge in [0, 0.05) is 24.8 Å². The van der Waals surface area contributed by atoms with Gasteiger partial charge in [0.05, 0.1) is 0 Å². The number of piperidine rings is 1. The van der Waals surface area contributed by atoms with Crippen LogP contribution in [0.25, 0.3) is 0 Å². The molecule has 1 saturated heterocycles. The average molecular weight is 374 g/mol. The Morgan fingerprint density at radius 2 is 1.78 bits per heavy atom. The minimum atomic E-state index is -0.745. The Balaban J connectivity index is 2.23. The Bertz CT molecular complexity index is 687. The summed E-state index contributed by atoms with van der Waals surface area (Å²) in [7, 11) is 1.94. The number of carbonyl (C=O) groups is 1. The molecule has 0 radical (unpaired) electrons. The van der Waals surface area contributed by atoms with Crippen LogP contribution in [0.3, 0.4) is 0 Å². The van der Waals surface area contributed by atoms with Gasteiger partial charge in [0.25, 0.3) is 5.91 Å². The van der Waals surface area contributed by atoms with E-state index in [1.54, 1.807) is 0 Å². The molecule has 0 saturated carbocycles. The first-order valence-electron chi connectivity index (χ1n) is 9.39. The van der Waals surface area contributed by atoms with Crippen molar-refractivity contribution in [3.8, 4) is 0 Å². The normalized spacial score (nSPS) is 17.3. The fourth-order valence-corrected chi connectivity index (χ4v) is 3.12. The Kier molecular flexibility index (Phi) is 7.48. The number of guanidine groups is 1. The van der Waals surface area contributed by atoms with Crippen LogP contribution in [0.2, 0.25) is 0 Å². The molecule has 2 rings (SSSR count). The van der Waals surface area contributed by atoms with E-state index in [1.165, 1.54) is 12.0 Å². The molecule has 0 bridgehead atoms. The third-order valence-electron chi connectivity index (χ3n) is 4.76. The van der Waals surface area contributed by atoms with E-state index >= 15 is 0 Å². The standard InChI is InChI=1S/C19H31N7O/c1-3-15(23-2)13-7-9-14(10-8-13)24-18(16(20)17(21)27)25-19(22)26-11-5-4-6-12-26/h7-10,15,23-24H,3-6,11-12,20H2,1-2H3,(H2,21,27)(H2,22,25)/b18-16-. The van der Waals surface area contributed by atoms with Gasteiger partial charge in [-0.2, -0.15) is 4.99 Å². The molecule has 8 nitrogen and oxygen atoms in total. The number of likely N-dealkylation sites (tertiary alicyclic amines) is 1. The highest BCUT2D eigenvalue weighted by molar-refractivity contribution is 5.93. The summed E-state index contributed by atoms with van der Waals surface area (Å²) >= 11 is 0. The van der Waals surface area contributed by atoms with E-state index in [1.807, 2.05) is 36.2 Å². The molecule has 0 spiro atoms. The number of anilines is 1. The minimum Gasteiger partial charge on any atom is -0.391 e. The van der Waals surface area contributed by atoms with Crippen LogP contribution in [-0.2, 0) is 4.79 Å². The summed E-state index contributed by atoms with van der Waals surface area (Å²) in [6.07, 6.45) is 4.31. The number of aliphatic imine (C=N–C) groups is 1. The number of nitrogens with one attached hydrogen (secondary N) is 2. The van der Waals surface area contributed by atoms with Gasteiger partial charge in [-0.15, -0.1) is 0 Å². The SMILES string of the molecule is CCC(NC)c1ccc(NC(/N=C(\N)N2CCCCC2)=C(/N)C(N)=O)cc1. The molecular weight excluding hydrogens is 342 g/mol. The van der Waals surface area contributed by atoms with Gasteiger partial charge >= 0.3 is 0 Å². The second-order valence-corrected chi connectivity index (χ2v) is 6.64. The van der Waals surface area contributed by atoms with Gasteiger partial charge in [-0.3, -0.25) is 4.79 Å². The van der Waals surface area contributed by atoms with Gasteiger partial charge in [-0.05, 0) is 50.4 Å². The van der Waals surface area contributed by atoms with E-state index in [-0.39, 0.29) is 17.6 Å². The highest BCUT2D eigenvalue weighted by Gasteiger charge is 2.15. The van der Waals surface area contributed by atoms with E-state index in [0.717, 1.165) is 38.0 Å². The van der Waals surface area contributed by atoms with Crippen molar-refractivity contribution in [2.24, 2.45) is 22.2 Å². The molecule has 1 aliphatic rings. The molecule has 8 heteroatoms. The maximum absolute atomic E-state index is 11.6. The van der Waals surface area contributed by atoms with Crippen LogP contribution in [0.1, 0.15) is 44.2 Å². The zero-order chi connectivity index (χ0) is 19.8. The van der Waals surface area contributed by atoms with Crippen molar-refractivity contribution in [3.05, 3.63) is 41.3 Å². The monoisotopic (exact) mass is 373 g/mol. The summed E-state index contributed by atoms with van der Waals surface area (Å²) in [6, 6.07) is 8.15. The summed E-state index contributed by atoms with van der Waals surface area (Å²) in [5.74, 6) is -0.247. The zero-order valence-electron chi connectivity index (χ0n) is 16.2. The predicted octanol–water partition coefficient (Wildman–Crippen LogP) is 1.18. The predicted molar refractivity (Wildman–Crippen MR) is 110 cm³/mol. The number of carbonyl (C=O) groups excluding carboxylic acids is 1. The molecule has 0 aromatic heterocycles. The Morgan fingerprint density at radius 1 is 1.15 bits per heavy atom. The molecule has 1 aromatic rings. The van der Waals surface area contributed by atoms with Crippen molar-refractivity contribution in [2.45, 2.75) is 38.6 Å². The van der Waals surface area contributed by atoms with Crippen LogP contribution < -0.4 is 27.8 Å². The fourth-order valence-electron chi connectivity index (χ4n) is 3.12. The Labute approximate surface area is 160 Å². The third kappa shape index (κ3) is 5.62. The first-order valence-corrected chi connectivity index (χ1v) is 9.39. The molecule has 1 aliphatic heterocycles. The van der Waals surface area contributed by atoms with Crippen molar-refractivity contribution in [1.82, 2.24) is 10.2 Å². The zero-order valence-corrected chi connectivity index (χ0v) is 16.2. The first kappa shape index (κ1) is 20.6. The number of nitrogens with two attached hydrogens (primary N) is 3. The summed E-state index contributed by atoms with van der Waals surface area (Å²) in [5, 5.41) is 6.34. The van der Waals surface area contributed by atoms with Gasteiger partial charge < -0.3 is 32.7 Å². The molecule has 27 heavy (non-hydrogen) atoms. The van der Waals surface area contributed by atoms with Crippen LogP contribution in [0.5, 0.6) is 0 Å². The van der Waals surface area contributed by atoms with Crippen molar-refractivity contribution >= 4 is 17.6 Å². The lowest BCUT2D eigenvalue weighted by atomic mass is 10.0. The minimum absolute atomic E-state index is 0.152. The van der Waals surface area contributed by atoms with Gasteiger partial charge in [-0.1, -0.05) is 19.1 Å². The van der Waals surface area contributed by atoms with Gasteiger partial charge in [-0.25, -0.2) is 0 Å². The van der Waals surface area contributed by atoms with E-state index in [0.29, 0.717) is 5.96 Å². The second-order valence-electron chi connectivity index (χ2n) is 6.64.